The van der Waals surface area contributed by atoms with Gasteiger partial charge in [0.2, 0.25) is 0 Å². The summed E-state index contributed by atoms with van der Waals surface area (Å²) in [5, 5.41) is 2.75. The fourth-order valence-corrected chi connectivity index (χ4v) is 2.15. The first-order valence-electron chi connectivity index (χ1n) is 6.30. The average Bonchev–Trinajstić information content (AvgIpc) is 2.38. The molecule has 100 valence electrons. The number of carbonyl (C=O) groups is 1. The maximum absolute atomic E-state index is 13.6. The van der Waals surface area contributed by atoms with Gasteiger partial charge in [-0.3, -0.25) is 4.79 Å². The molecule has 1 N–H and O–H groups in total. The van der Waals surface area contributed by atoms with E-state index in [1.54, 1.807) is 31.1 Å². The minimum absolute atomic E-state index is 0.146. The Morgan fingerprint density at radius 3 is 2.50 bits per heavy atom. The molecule has 0 aromatic heterocycles. The lowest BCUT2D eigenvalue weighted by molar-refractivity contribution is 0.0724. The Hall–Kier alpha value is -1.58. The van der Waals surface area contributed by atoms with Crippen LogP contribution in [0.3, 0.4) is 0 Å². The molecular weight excluding hydrogens is 231 g/mol. The molecule has 0 heterocycles. The Labute approximate surface area is 108 Å². The Kier molecular flexibility index (Phi) is 5.13. The van der Waals surface area contributed by atoms with Crippen LogP contribution in [0, 0.1) is 5.82 Å². The highest BCUT2D eigenvalue weighted by Gasteiger charge is 2.21. The van der Waals surface area contributed by atoms with Gasteiger partial charge in [0.05, 0.1) is 11.3 Å². The summed E-state index contributed by atoms with van der Waals surface area (Å²) < 4.78 is 13.6. The molecule has 1 amide bonds. The van der Waals surface area contributed by atoms with Crippen molar-refractivity contribution in [2.75, 3.05) is 19.4 Å². The van der Waals surface area contributed by atoms with Gasteiger partial charge in [-0.05, 0) is 25.0 Å². The van der Waals surface area contributed by atoms with E-state index in [0.717, 1.165) is 12.8 Å². The van der Waals surface area contributed by atoms with Crippen molar-refractivity contribution in [1.29, 1.82) is 0 Å². The topological polar surface area (TPSA) is 32.3 Å². The molecule has 18 heavy (non-hydrogen) atoms. The van der Waals surface area contributed by atoms with Crippen molar-refractivity contribution in [3.8, 4) is 0 Å². The first-order valence-corrected chi connectivity index (χ1v) is 6.30. The molecule has 0 radical (unpaired) electrons. The van der Waals surface area contributed by atoms with Crippen molar-refractivity contribution >= 4 is 11.6 Å². The molecule has 0 bridgehead atoms. The van der Waals surface area contributed by atoms with Crippen LogP contribution in [0.4, 0.5) is 10.1 Å². The van der Waals surface area contributed by atoms with Gasteiger partial charge in [0.1, 0.15) is 5.82 Å². The predicted octanol–water partition coefficient (Wildman–Crippen LogP) is 3.13. The minimum atomic E-state index is -0.402. The SMILES string of the molecule is CCC(CC)N(C)C(=O)c1cccc(F)c1NC. The quantitative estimate of drug-likeness (QED) is 0.873. The number of nitrogens with one attached hydrogen (secondary N) is 1. The zero-order valence-corrected chi connectivity index (χ0v) is 11.5. The van der Waals surface area contributed by atoms with Crippen LogP contribution in [-0.4, -0.2) is 30.9 Å². The Morgan fingerprint density at radius 1 is 1.39 bits per heavy atom. The molecule has 1 rings (SSSR count). The van der Waals surface area contributed by atoms with Gasteiger partial charge in [0, 0.05) is 20.1 Å². The van der Waals surface area contributed by atoms with Gasteiger partial charge in [0.15, 0.2) is 0 Å². The summed E-state index contributed by atoms with van der Waals surface area (Å²) in [6, 6.07) is 4.74. The molecule has 0 aliphatic heterocycles. The number of amides is 1. The van der Waals surface area contributed by atoms with E-state index < -0.39 is 5.82 Å². The van der Waals surface area contributed by atoms with Crippen LogP contribution < -0.4 is 5.32 Å². The monoisotopic (exact) mass is 252 g/mol. The molecule has 1 aromatic rings. The van der Waals surface area contributed by atoms with Crippen molar-refractivity contribution in [2.24, 2.45) is 0 Å². The lowest BCUT2D eigenvalue weighted by Crippen LogP contribution is -2.36. The van der Waals surface area contributed by atoms with Gasteiger partial charge in [0.25, 0.3) is 5.91 Å². The third kappa shape index (κ3) is 2.81. The van der Waals surface area contributed by atoms with Gasteiger partial charge in [-0.15, -0.1) is 0 Å². The van der Waals surface area contributed by atoms with Gasteiger partial charge >= 0.3 is 0 Å². The van der Waals surface area contributed by atoms with Crippen LogP contribution in [0.15, 0.2) is 18.2 Å². The maximum atomic E-state index is 13.6. The van der Waals surface area contributed by atoms with E-state index in [4.69, 9.17) is 0 Å². The standard InChI is InChI=1S/C14H21FN2O/c1-5-10(6-2)17(4)14(18)11-8-7-9-12(15)13(11)16-3/h7-10,16H,5-6H2,1-4H3. The van der Waals surface area contributed by atoms with E-state index in [0.29, 0.717) is 5.56 Å². The van der Waals surface area contributed by atoms with Gasteiger partial charge < -0.3 is 10.2 Å². The molecule has 0 unspecified atom stereocenters. The largest absolute Gasteiger partial charge is 0.385 e. The molecule has 0 aliphatic rings. The minimum Gasteiger partial charge on any atom is -0.385 e. The summed E-state index contributed by atoms with van der Waals surface area (Å²) in [6.45, 7) is 4.09. The molecule has 0 atom stereocenters. The number of benzene rings is 1. The predicted molar refractivity (Wildman–Crippen MR) is 72.4 cm³/mol. The second-order valence-corrected chi connectivity index (χ2v) is 4.30. The zero-order valence-electron chi connectivity index (χ0n) is 11.5. The molecule has 4 heteroatoms. The van der Waals surface area contributed by atoms with Gasteiger partial charge in [-0.1, -0.05) is 19.9 Å². The van der Waals surface area contributed by atoms with E-state index in [2.05, 4.69) is 5.32 Å². The first kappa shape index (κ1) is 14.5. The summed E-state index contributed by atoms with van der Waals surface area (Å²) in [6.07, 6.45) is 1.78. The van der Waals surface area contributed by atoms with Gasteiger partial charge in [-0.25, -0.2) is 4.39 Å². The number of carbonyl (C=O) groups excluding carboxylic acids is 1. The highest BCUT2D eigenvalue weighted by atomic mass is 19.1. The number of rotatable bonds is 5. The number of nitrogens with zero attached hydrogens (tertiary/aromatic N) is 1. The maximum Gasteiger partial charge on any atom is 0.256 e. The highest BCUT2D eigenvalue weighted by molar-refractivity contribution is 5.99. The molecule has 0 spiro atoms. The second kappa shape index (κ2) is 6.38. The fourth-order valence-electron chi connectivity index (χ4n) is 2.15. The lowest BCUT2D eigenvalue weighted by Gasteiger charge is -2.27. The smallest absolute Gasteiger partial charge is 0.256 e. The molecule has 0 aliphatic carbocycles. The van der Waals surface area contributed by atoms with Crippen molar-refractivity contribution in [1.82, 2.24) is 4.90 Å². The molecule has 0 saturated carbocycles. The summed E-state index contributed by atoms with van der Waals surface area (Å²) in [5.74, 6) is -0.547. The molecule has 0 saturated heterocycles. The summed E-state index contributed by atoms with van der Waals surface area (Å²) >= 11 is 0. The van der Waals surface area contributed by atoms with Crippen LogP contribution in [0.2, 0.25) is 0 Å². The molecule has 3 nitrogen and oxygen atoms in total. The average molecular weight is 252 g/mol. The van der Waals surface area contributed by atoms with E-state index >= 15 is 0 Å². The Balaban J connectivity index is 3.07. The number of anilines is 1. The zero-order chi connectivity index (χ0) is 13.7. The highest BCUT2D eigenvalue weighted by Crippen LogP contribution is 2.22. The summed E-state index contributed by atoms with van der Waals surface area (Å²) in [5.41, 5.74) is 0.646. The van der Waals surface area contributed by atoms with Crippen molar-refractivity contribution in [3.63, 3.8) is 0 Å². The van der Waals surface area contributed by atoms with Crippen LogP contribution in [-0.2, 0) is 0 Å². The van der Waals surface area contributed by atoms with Crippen LogP contribution in [0.1, 0.15) is 37.0 Å². The van der Waals surface area contributed by atoms with Crippen molar-refractivity contribution in [2.45, 2.75) is 32.7 Å². The lowest BCUT2D eigenvalue weighted by atomic mass is 10.1. The van der Waals surface area contributed by atoms with E-state index in [-0.39, 0.29) is 17.6 Å². The van der Waals surface area contributed by atoms with Crippen LogP contribution in [0.25, 0.3) is 0 Å². The Morgan fingerprint density at radius 2 is 2.00 bits per heavy atom. The molecule has 0 fully saturated rings. The summed E-state index contributed by atoms with van der Waals surface area (Å²) in [4.78, 5) is 14.0. The first-order chi connectivity index (χ1) is 8.56. The van der Waals surface area contributed by atoms with Gasteiger partial charge in [-0.2, -0.15) is 0 Å². The number of hydrogen-bond acceptors (Lipinski definition) is 2. The summed E-state index contributed by atoms with van der Waals surface area (Å²) in [7, 11) is 3.39. The molecular formula is C14H21FN2O. The van der Waals surface area contributed by atoms with Crippen molar-refractivity contribution in [3.05, 3.63) is 29.6 Å². The second-order valence-electron chi connectivity index (χ2n) is 4.30. The normalized spacial score (nSPS) is 10.6. The Bertz CT molecular complexity index is 416. The molecule has 1 aromatic carbocycles. The van der Waals surface area contributed by atoms with E-state index in [1.807, 2.05) is 13.8 Å². The third-order valence-electron chi connectivity index (χ3n) is 3.30. The fraction of sp³-hybridized carbons (Fsp3) is 0.500. The number of para-hydroxylation sites is 1. The number of halogens is 1. The van der Waals surface area contributed by atoms with E-state index in [1.165, 1.54) is 6.07 Å². The van der Waals surface area contributed by atoms with Crippen LogP contribution >= 0.6 is 0 Å². The number of hydrogen-bond donors (Lipinski definition) is 1. The van der Waals surface area contributed by atoms with E-state index in [9.17, 15) is 9.18 Å². The van der Waals surface area contributed by atoms with Crippen LogP contribution in [0.5, 0.6) is 0 Å². The third-order valence-corrected chi connectivity index (χ3v) is 3.30. The van der Waals surface area contributed by atoms with Crippen molar-refractivity contribution < 1.29 is 9.18 Å².